The van der Waals surface area contributed by atoms with Gasteiger partial charge in [0, 0.05) is 45.5 Å². The molecule has 164 valence electrons. The maximum atomic E-state index is 10.8. The predicted octanol–water partition coefficient (Wildman–Crippen LogP) is 2.77. The molecule has 0 spiro atoms. The van der Waals surface area contributed by atoms with E-state index < -0.39 is 5.91 Å². The number of hydrogen-bond acceptors (Lipinski definition) is 5. The number of anilines is 1. The van der Waals surface area contributed by atoms with Gasteiger partial charge in [0.05, 0.1) is 6.61 Å². The Morgan fingerprint density at radius 2 is 1.80 bits per heavy atom. The highest BCUT2D eigenvalue weighted by atomic mass is 127. The Morgan fingerprint density at radius 1 is 1.07 bits per heavy atom. The molecule has 0 saturated carbocycles. The third-order valence-corrected chi connectivity index (χ3v) is 3.82. The van der Waals surface area contributed by atoms with E-state index in [1.165, 1.54) is 0 Å². The minimum Gasteiger partial charge on any atom is -0.493 e. The molecule has 1 amide bonds. The van der Waals surface area contributed by atoms with Gasteiger partial charge in [0.2, 0.25) is 0 Å². The monoisotopic (exact) mass is 528 g/mol. The van der Waals surface area contributed by atoms with Gasteiger partial charge < -0.3 is 30.6 Å². The van der Waals surface area contributed by atoms with Crippen LogP contribution in [0.5, 0.6) is 11.5 Å². The van der Waals surface area contributed by atoms with Crippen LogP contribution in [0.25, 0.3) is 0 Å². The van der Waals surface area contributed by atoms with E-state index in [-0.39, 0.29) is 30.6 Å². The number of carbonyl (C=O) groups excluding carboxylic acids is 1. The highest BCUT2D eigenvalue weighted by molar-refractivity contribution is 14.0. The summed E-state index contributed by atoms with van der Waals surface area (Å²) in [6.07, 6.45) is 0.833. The van der Waals surface area contributed by atoms with Gasteiger partial charge in [0.25, 0.3) is 5.91 Å². The zero-order chi connectivity index (χ0) is 20.9. The molecule has 2 rings (SSSR count). The number of nitrogens with one attached hydrogen (secondary N) is 2. The lowest BCUT2D eigenvalue weighted by molar-refractivity contribution is -0.119. The van der Waals surface area contributed by atoms with Crippen molar-refractivity contribution in [3.8, 4) is 11.5 Å². The van der Waals surface area contributed by atoms with Gasteiger partial charge in [-0.05, 0) is 29.8 Å². The SMILES string of the molecule is CN=C(NCc1cccc(OCC(N)=O)c1)Nc1cccc(OCCCOC)c1.I. The quantitative estimate of drug-likeness (QED) is 0.179. The highest BCUT2D eigenvalue weighted by Gasteiger charge is 2.04. The Hall–Kier alpha value is -2.53. The third-order valence-electron chi connectivity index (χ3n) is 3.82. The minimum absolute atomic E-state index is 0. The number of guanidine groups is 1. The zero-order valence-corrected chi connectivity index (χ0v) is 19.6. The van der Waals surface area contributed by atoms with Crippen molar-refractivity contribution in [1.29, 1.82) is 0 Å². The van der Waals surface area contributed by atoms with Gasteiger partial charge in [-0.3, -0.25) is 9.79 Å². The first-order valence-corrected chi connectivity index (χ1v) is 9.30. The van der Waals surface area contributed by atoms with E-state index in [2.05, 4.69) is 15.6 Å². The average molecular weight is 528 g/mol. The molecule has 0 heterocycles. The number of primary amides is 1. The number of benzene rings is 2. The molecular weight excluding hydrogens is 499 g/mol. The fourth-order valence-electron chi connectivity index (χ4n) is 2.46. The van der Waals surface area contributed by atoms with Gasteiger partial charge in [0.1, 0.15) is 11.5 Å². The van der Waals surface area contributed by atoms with Crippen LogP contribution < -0.4 is 25.8 Å². The molecule has 30 heavy (non-hydrogen) atoms. The normalized spacial score (nSPS) is 10.7. The molecule has 0 atom stereocenters. The maximum Gasteiger partial charge on any atom is 0.255 e. The van der Waals surface area contributed by atoms with Crippen LogP contribution >= 0.6 is 24.0 Å². The first-order valence-electron chi connectivity index (χ1n) is 9.30. The number of methoxy groups -OCH3 is 1. The van der Waals surface area contributed by atoms with Crippen molar-refractivity contribution < 1.29 is 19.0 Å². The van der Waals surface area contributed by atoms with Crippen molar-refractivity contribution in [3.05, 3.63) is 54.1 Å². The Kier molecular flexibility index (Phi) is 12.3. The molecule has 4 N–H and O–H groups in total. The van der Waals surface area contributed by atoms with Gasteiger partial charge >= 0.3 is 0 Å². The van der Waals surface area contributed by atoms with E-state index in [0.717, 1.165) is 23.4 Å². The molecule has 0 aliphatic rings. The lowest BCUT2D eigenvalue weighted by Gasteiger charge is -2.14. The second-order valence-corrected chi connectivity index (χ2v) is 6.18. The maximum absolute atomic E-state index is 10.8. The second-order valence-electron chi connectivity index (χ2n) is 6.18. The number of carbonyl (C=O) groups is 1. The average Bonchev–Trinajstić information content (AvgIpc) is 2.73. The van der Waals surface area contributed by atoms with Crippen LogP contribution in [0.2, 0.25) is 0 Å². The summed E-state index contributed by atoms with van der Waals surface area (Å²) in [4.78, 5) is 15.1. The van der Waals surface area contributed by atoms with Gasteiger partial charge in [-0.2, -0.15) is 0 Å². The molecule has 9 heteroatoms. The van der Waals surface area contributed by atoms with E-state index in [9.17, 15) is 4.79 Å². The Labute approximate surface area is 194 Å². The van der Waals surface area contributed by atoms with E-state index in [1.807, 2.05) is 42.5 Å². The summed E-state index contributed by atoms with van der Waals surface area (Å²) in [6.45, 7) is 1.65. The predicted molar refractivity (Wildman–Crippen MR) is 129 cm³/mol. The van der Waals surface area contributed by atoms with Crippen molar-refractivity contribution >= 4 is 41.5 Å². The molecule has 0 aromatic heterocycles. The third kappa shape index (κ3) is 9.79. The summed E-state index contributed by atoms with van der Waals surface area (Å²) >= 11 is 0. The summed E-state index contributed by atoms with van der Waals surface area (Å²) in [5.41, 5.74) is 6.94. The second kappa shape index (κ2) is 14.5. The van der Waals surface area contributed by atoms with Crippen LogP contribution in [-0.4, -0.2) is 45.8 Å². The number of nitrogens with two attached hydrogens (primary N) is 1. The molecular formula is C21H29IN4O4. The van der Waals surface area contributed by atoms with Crippen molar-refractivity contribution in [2.24, 2.45) is 10.7 Å². The summed E-state index contributed by atoms with van der Waals surface area (Å²) in [6, 6.07) is 15.1. The van der Waals surface area contributed by atoms with Crippen LogP contribution in [0, 0.1) is 0 Å². The van der Waals surface area contributed by atoms with Crippen molar-refractivity contribution in [3.63, 3.8) is 0 Å². The number of hydrogen-bond donors (Lipinski definition) is 3. The van der Waals surface area contributed by atoms with E-state index >= 15 is 0 Å². The summed E-state index contributed by atoms with van der Waals surface area (Å²) in [5, 5.41) is 6.48. The molecule has 0 fully saturated rings. The van der Waals surface area contributed by atoms with Gasteiger partial charge in [-0.25, -0.2) is 0 Å². The Bertz CT molecular complexity index is 817. The standard InChI is InChI=1S/C21H28N4O4.HI/c1-23-21(24-14-16-6-3-8-18(12-16)29-15-20(22)26)25-17-7-4-9-19(13-17)28-11-5-10-27-2;/h3-4,6-9,12-13H,5,10-11,14-15H2,1-2H3,(H2,22,26)(H2,23,24,25);1H. The number of nitrogens with zero attached hydrogens (tertiary/aromatic N) is 1. The van der Waals surface area contributed by atoms with Crippen molar-refractivity contribution in [2.45, 2.75) is 13.0 Å². The van der Waals surface area contributed by atoms with E-state index in [0.29, 0.717) is 31.5 Å². The molecule has 0 aliphatic heterocycles. The molecule has 0 unspecified atom stereocenters. The van der Waals surface area contributed by atoms with E-state index in [1.54, 1.807) is 20.2 Å². The first kappa shape index (κ1) is 25.5. The number of amides is 1. The van der Waals surface area contributed by atoms with Crippen molar-refractivity contribution in [2.75, 3.05) is 39.3 Å². The Balaban J connectivity index is 0.00000450. The topological polar surface area (TPSA) is 107 Å². The minimum atomic E-state index is -0.511. The summed E-state index contributed by atoms with van der Waals surface area (Å²) in [7, 11) is 3.38. The van der Waals surface area contributed by atoms with Crippen LogP contribution in [-0.2, 0) is 16.1 Å². The fourth-order valence-corrected chi connectivity index (χ4v) is 2.46. The molecule has 0 aliphatic carbocycles. The molecule has 0 saturated heterocycles. The van der Waals surface area contributed by atoms with Gasteiger partial charge in [-0.1, -0.05) is 18.2 Å². The van der Waals surface area contributed by atoms with Gasteiger partial charge in [-0.15, -0.1) is 24.0 Å². The van der Waals surface area contributed by atoms with E-state index in [4.69, 9.17) is 19.9 Å². The first-order chi connectivity index (χ1) is 14.1. The summed E-state index contributed by atoms with van der Waals surface area (Å²) in [5.74, 6) is 1.47. The Morgan fingerprint density at radius 3 is 2.50 bits per heavy atom. The molecule has 8 nitrogen and oxygen atoms in total. The lowest BCUT2D eigenvalue weighted by Crippen LogP contribution is -2.30. The summed E-state index contributed by atoms with van der Waals surface area (Å²) < 4.78 is 16.1. The van der Waals surface area contributed by atoms with Crippen LogP contribution in [0.1, 0.15) is 12.0 Å². The lowest BCUT2D eigenvalue weighted by atomic mass is 10.2. The highest BCUT2D eigenvalue weighted by Crippen LogP contribution is 2.18. The molecule has 0 radical (unpaired) electrons. The van der Waals surface area contributed by atoms with Crippen LogP contribution in [0.4, 0.5) is 5.69 Å². The van der Waals surface area contributed by atoms with Gasteiger partial charge in [0.15, 0.2) is 12.6 Å². The molecule has 2 aromatic carbocycles. The number of halogens is 1. The molecule has 0 bridgehead atoms. The largest absolute Gasteiger partial charge is 0.493 e. The number of aliphatic imine (C=N–C) groups is 1. The molecule has 2 aromatic rings. The fraction of sp³-hybridized carbons (Fsp3) is 0.333. The van der Waals surface area contributed by atoms with Crippen LogP contribution in [0.15, 0.2) is 53.5 Å². The number of rotatable bonds is 11. The van der Waals surface area contributed by atoms with Crippen molar-refractivity contribution in [1.82, 2.24) is 5.32 Å². The smallest absolute Gasteiger partial charge is 0.255 e. The number of ether oxygens (including phenoxy) is 3. The van der Waals surface area contributed by atoms with Crippen LogP contribution in [0.3, 0.4) is 0 Å². The zero-order valence-electron chi connectivity index (χ0n) is 17.2.